The van der Waals surface area contributed by atoms with Crippen molar-refractivity contribution in [2.45, 2.75) is 48.7 Å². The fraction of sp³-hybridized carbons (Fsp3) is 0.571. The number of carbonyl (C=O) groups excluding carboxylic acids is 3. The van der Waals surface area contributed by atoms with Gasteiger partial charge in [0.1, 0.15) is 5.75 Å². The van der Waals surface area contributed by atoms with Crippen molar-refractivity contribution in [3.63, 3.8) is 0 Å². The van der Waals surface area contributed by atoms with Crippen molar-refractivity contribution < 1.29 is 19.1 Å². The maximum absolute atomic E-state index is 13.1. The molecule has 1 saturated heterocycles. The quantitative estimate of drug-likeness (QED) is 0.186. The molecule has 1 heterocycles. The average molecular weight is 513 g/mol. The van der Waals surface area contributed by atoms with Crippen LogP contribution in [0.4, 0.5) is 5.69 Å². The molecule has 0 radical (unpaired) electrons. The molecule has 0 unspecified atom stereocenters. The molecule has 2 saturated carbocycles. The summed E-state index contributed by atoms with van der Waals surface area (Å²) in [4.78, 5) is 39.9. The van der Waals surface area contributed by atoms with Gasteiger partial charge in [-0.3, -0.25) is 14.4 Å². The van der Waals surface area contributed by atoms with Crippen molar-refractivity contribution in [3.8, 4) is 5.75 Å². The molecule has 7 heteroatoms. The van der Waals surface area contributed by atoms with Gasteiger partial charge in [0, 0.05) is 22.1 Å². The van der Waals surface area contributed by atoms with Crippen LogP contribution in [0, 0.1) is 23.7 Å². The molecular formula is C21H23Br2NO4. The summed E-state index contributed by atoms with van der Waals surface area (Å²) in [6, 6.07) is 6.74. The summed E-state index contributed by atoms with van der Waals surface area (Å²) in [7, 11) is 0. The van der Waals surface area contributed by atoms with E-state index >= 15 is 0 Å². The van der Waals surface area contributed by atoms with Gasteiger partial charge in [-0.05, 0) is 36.8 Å². The Morgan fingerprint density at radius 1 is 1.11 bits per heavy atom. The van der Waals surface area contributed by atoms with E-state index in [-0.39, 0.29) is 51.1 Å². The molecule has 28 heavy (non-hydrogen) atoms. The lowest BCUT2D eigenvalue weighted by Crippen LogP contribution is -2.37. The van der Waals surface area contributed by atoms with Crippen LogP contribution in [-0.4, -0.2) is 27.4 Å². The second kappa shape index (κ2) is 7.90. The Morgan fingerprint density at radius 3 is 2.36 bits per heavy atom. The molecule has 1 aliphatic heterocycles. The average Bonchev–Trinajstić information content (AvgIpc) is 3.27. The molecule has 6 atom stereocenters. The van der Waals surface area contributed by atoms with Crippen LogP contribution in [0.2, 0.25) is 0 Å². The van der Waals surface area contributed by atoms with Crippen LogP contribution in [0.25, 0.3) is 0 Å². The number of benzene rings is 1. The number of rotatable bonds is 6. The standard InChI is InChI=1S/C21H23Br2NO4/c1-2-3-4-8-15(25)28-12-7-5-6-11(9-12)24-20(26)16-13-10-14(17(16)21(24)27)19(23)18(13)22/h5-7,9,13-14,16-19H,2-4,8,10H2,1H3/t13-,14-,16-,17-,18+,19+/m1/s1. The van der Waals surface area contributed by atoms with Crippen LogP contribution in [-0.2, 0) is 14.4 Å². The Balaban J connectivity index is 1.52. The van der Waals surface area contributed by atoms with Crippen molar-refractivity contribution in [1.82, 2.24) is 0 Å². The Hall–Kier alpha value is -1.21. The van der Waals surface area contributed by atoms with Crippen LogP contribution < -0.4 is 9.64 Å². The largest absolute Gasteiger partial charge is 0.426 e. The van der Waals surface area contributed by atoms with E-state index in [1.54, 1.807) is 24.3 Å². The van der Waals surface area contributed by atoms with Gasteiger partial charge >= 0.3 is 5.97 Å². The molecule has 1 aromatic rings. The smallest absolute Gasteiger partial charge is 0.311 e. The molecule has 0 aromatic heterocycles. The number of imide groups is 1. The van der Waals surface area contributed by atoms with Crippen LogP contribution >= 0.6 is 31.9 Å². The number of hydrogen-bond donors (Lipinski definition) is 0. The third-order valence-corrected chi connectivity index (χ3v) is 9.49. The predicted octanol–water partition coefficient (Wildman–Crippen LogP) is 4.45. The van der Waals surface area contributed by atoms with Crippen LogP contribution in [0.3, 0.4) is 0 Å². The third-order valence-electron chi connectivity index (χ3n) is 6.28. The maximum atomic E-state index is 13.1. The Kier molecular flexibility index (Phi) is 5.67. The summed E-state index contributed by atoms with van der Waals surface area (Å²) in [6.45, 7) is 2.08. The molecule has 5 nitrogen and oxygen atoms in total. The highest BCUT2D eigenvalue weighted by Gasteiger charge is 2.66. The highest BCUT2D eigenvalue weighted by Crippen LogP contribution is 2.60. The number of hydrogen-bond acceptors (Lipinski definition) is 4. The highest BCUT2D eigenvalue weighted by molar-refractivity contribution is 9.12. The third kappa shape index (κ3) is 3.24. The van der Waals surface area contributed by atoms with E-state index in [4.69, 9.17) is 4.74 Å². The number of esters is 1. The van der Waals surface area contributed by atoms with E-state index in [0.717, 1.165) is 25.7 Å². The summed E-state index contributed by atoms with van der Waals surface area (Å²) in [6.07, 6.45) is 4.09. The van der Waals surface area contributed by atoms with E-state index in [0.29, 0.717) is 17.9 Å². The minimum absolute atomic E-state index is 0.127. The SMILES string of the molecule is CCCCCC(=O)Oc1cccc(N2C(=O)[C@@H]3[C@H]4C[C@@H]([C@H](Br)[C@H]4Br)[C@H]3C2=O)c1. The zero-order chi connectivity index (χ0) is 20.0. The Bertz CT molecular complexity index is 781. The van der Waals surface area contributed by atoms with Crippen molar-refractivity contribution in [2.24, 2.45) is 23.7 Å². The zero-order valence-electron chi connectivity index (χ0n) is 15.6. The molecule has 0 N–H and O–H groups in total. The van der Waals surface area contributed by atoms with Gasteiger partial charge in [0.25, 0.3) is 0 Å². The minimum Gasteiger partial charge on any atom is -0.426 e. The second-order valence-electron chi connectivity index (χ2n) is 7.94. The number of unbranched alkanes of at least 4 members (excludes halogenated alkanes) is 2. The first-order valence-corrected chi connectivity index (χ1v) is 11.7. The zero-order valence-corrected chi connectivity index (χ0v) is 18.8. The number of ether oxygens (including phenoxy) is 1. The van der Waals surface area contributed by atoms with E-state index in [1.807, 2.05) is 0 Å². The molecule has 2 bridgehead atoms. The van der Waals surface area contributed by atoms with Crippen molar-refractivity contribution >= 4 is 55.3 Å². The van der Waals surface area contributed by atoms with Crippen LogP contribution in [0.15, 0.2) is 24.3 Å². The van der Waals surface area contributed by atoms with Crippen molar-refractivity contribution in [1.29, 1.82) is 0 Å². The molecule has 0 spiro atoms. The molecule has 2 amide bonds. The number of anilines is 1. The summed E-state index contributed by atoms with van der Waals surface area (Å²) in [5.74, 6) is -0.316. The number of halogens is 2. The topological polar surface area (TPSA) is 63.7 Å². The van der Waals surface area contributed by atoms with Gasteiger partial charge in [-0.1, -0.05) is 57.7 Å². The van der Waals surface area contributed by atoms with Crippen LogP contribution in [0.1, 0.15) is 39.0 Å². The fourth-order valence-electron chi connectivity index (χ4n) is 4.99. The molecule has 1 aromatic carbocycles. The van der Waals surface area contributed by atoms with Gasteiger partial charge < -0.3 is 4.74 Å². The minimum atomic E-state index is -0.288. The molecule has 2 aliphatic carbocycles. The molecule has 4 rings (SSSR count). The van der Waals surface area contributed by atoms with Gasteiger partial charge in [-0.25, -0.2) is 4.90 Å². The monoisotopic (exact) mass is 511 g/mol. The first kappa shape index (κ1) is 20.1. The summed E-state index contributed by atoms with van der Waals surface area (Å²) in [5, 5.41) is 0. The van der Waals surface area contributed by atoms with Crippen molar-refractivity contribution in [3.05, 3.63) is 24.3 Å². The summed E-state index contributed by atoms with van der Waals surface area (Å²) < 4.78 is 5.41. The van der Waals surface area contributed by atoms with Gasteiger partial charge in [-0.2, -0.15) is 0 Å². The number of carbonyl (C=O) groups is 3. The maximum Gasteiger partial charge on any atom is 0.311 e. The van der Waals surface area contributed by atoms with Gasteiger partial charge in [0.2, 0.25) is 11.8 Å². The first-order valence-electron chi connectivity index (χ1n) is 9.90. The Labute approximate surface area is 181 Å². The lowest BCUT2D eigenvalue weighted by Gasteiger charge is -2.28. The van der Waals surface area contributed by atoms with E-state index in [9.17, 15) is 14.4 Å². The normalized spacial score (nSPS) is 33.5. The number of nitrogens with zero attached hydrogens (tertiary/aromatic N) is 1. The van der Waals surface area contributed by atoms with Gasteiger partial charge in [0.05, 0.1) is 17.5 Å². The second-order valence-corrected chi connectivity index (χ2v) is 10.1. The van der Waals surface area contributed by atoms with E-state index in [2.05, 4.69) is 38.8 Å². The Morgan fingerprint density at radius 2 is 1.75 bits per heavy atom. The fourth-order valence-corrected chi connectivity index (χ4v) is 6.86. The van der Waals surface area contributed by atoms with Crippen molar-refractivity contribution in [2.75, 3.05) is 4.90 Å². The molecular weight excluding hydrogens is 490 g/mol. The first-order chi connectivity index (χ1) is 13.4. The number of amides is 2. The lowest BCUT2D eigenvalue weighted by molar-refractivity contribution is -0.134. The number of alkyl halides is 2. The van der Waals surface area contributed by atoms with Gasteiger partial charge in [-0.15, -0.1) is 0 Å². The highest BCUT2D eigenvalue weighted by atomic mass is 79.9. The number of fused-ring (bicyclic) bond motifs is 5. The summed E-state index contributed by atoms with van der Waals surface area (Å²) in [5.41, 5.74) is 0.486. The van der Waals surface area contributed by atoms with E-state index in [1.165, 1.54) is 4.90 Å². The lowest BCUT2D eigenvalue weighted by atomic mass is 9.81. The van der Waals surface area contributed by atoms with Crippen LogP contribution in [0.5, 0.6) is 5.75 Å². The van der Waals surface area contributed by atoms with Gasteiger partial charge in [0.15, 0.2) is 0 Å². The predicted molar refractivity (Wildman–Crippen MR) is 113 cm³/mol. The van der Waals surface area contributed by atoms with E-state index < -0.39 is 0 Å². The summed E-state index contributed by atoms with van der Waals surface area (Å²) >= 11 is 7.40. The molecule has 150 valence electrons. The molecule has 3 fully saturated rings. The molecule has 3 aliphatic rings.